The van der Waals surface area contributed by atoms with E-state index in [0.29, 0.717) is 21.7 Å². The van der Waals surface area contributed by atoms with E-state index in [9.17, 15) is 5.11 Å². The summed E-state index contributed by atoms with van der Waals surface area (Å²) in [5.74, 6) is 3.38. The predicted molar refractivity (Wildman–Crippen MR) is 135 cm³/mol. The van der Waals surface area contributed by atoms with Gasteiger partial charge < -0.3 is 5.11 Å². The molecule has 1 heteroatoms. The fraction of sp³-hybridized carbons (Fsp3) is 0.871. The van der Waals surface area contributed by atoms with Gasteiger partial charge in [0.25, 0.3) is 0 Å². The van der Waals surface area contributed by atoms with E-state index in [4.69, 9.17) is 0 Å². The minimum Gasteiger partial charge on any atom is -0.393 e. The SMILES string of the molecule is C=C/C(C)=C/CC[C@@H](C)C1CC[C@@]2(C)C3CCC4C(C)(C)[C@@H](O)CCC45CC35CC[C@]12C. The van der Waals surface area contributed by atoms with E-state index in [1.54, 1.807) is 0 Å². The first kappa shape index (κ1) is 23.2. The number of fused-ring (bicyclic) bond motifs is 2. The van der Waals surface area contributed by atoms with Gasteiger partial charge in [0, 0.05) is 0 Å². The van der Waals surface area contributed by atoms with Gasteiger partial charge in [-0.1, -0.05) is 58.9 Å². The summed E-state index contributed by atoms with van der Waals surface area (Å²) in [7, 11) is 0. The Hall–Kier alpha value is -0.560. The number of aliphatic hydroxyl groups is 1. The van der Waals surface area contributed by atoms with Crippen molar-refractivity contribution in [3.8, 4) is 0 Å². The number of rotatable bonds is 5. The molecule has 0 saturated heterocycles. The first-order valence-electron chi connectivity index (χ1n) is 14.0. The van der Waals surface area contributed by atoms with E-state index in [0.717, 1.165) is 30.1 Å². The Morgan fingerprint density at radius 2 is 1.62 bits per heavy atom. The van der Waals surface area contributed by atoms with Crippen LogP contribution in [0.1, 0.15) is 112 Å². The fourth-order valence-corrected chi connectivity index (χ4v) is 11.2. The Balaban J connectivity index is 1.39. The van der Waals surface area contributed by atoms with E-state index in [-0.39, 0.29) is 11.5 Å². The van der Waals surface area contributed by atoms with E-state index in [1.165, 1.54) is 69.8 Å². The average molecular weight is 439 g/mol. The van der Waals surface area contributed by atoms with Crippen LogP contribution in [0.2, 0.25) is 0 Å². The molecule has 0 bridgehead atoms. The average Bonchev–Trinajstić information content (AvgIpc) is 3.33. The number of hydrogen-bond donors (Lipinski definition) is 1. The molecule has 0 amide bonds. The zero-order valence-corrected chi connectivity index (χ0v) is 22.0. The minimum absolute atomic E-state index is 0.0905. The van der Waals surface area contributed by atoms with Crippen molar-refractivity contribution in [2.45, 2.75) is 118 Å². The normalized spacial score (nSPS) is 52.3. The molecule has 5 unspecified atom stereocenters. The van der Waals surface area contributed by atoms with Crippen LogP contribution in [0.5, 0.6) is 0 Å². The van der Waals surface area contributed by atoms with Gasteiger partial charge in [0.15, 0.2) is 0 Å². The molecule has 0 heterocycles. The molecular formula is C31H50O. The third-order valence-electron chi connectivity index (χ3n) is 13.3. The molecule has 5 aliphatic rings. The Kier molecular flexibility index (Phi) is 5.23. The van der Waals surface area contributed by atoms with Crippen molar-refractivity contribution in [3.05, 3.63) is 24.3 Å². The van der Waals surface area contributed by atoms with Crippen molar-refractivity contribution in [2.75, 3.05) is 0 Å². The standard InChI is InChI=1S/C31H50O/c1-8-21(2)10-9-11-22(3)23-14-16-29(7)25-13-12-24-27(4,5)26(32)15-17-30(24)20-31(25,30)19-18-28(23,29)6/h8,10,22-26,32H,1,9,11-20H2,2-7H3/b21-10+/t22-,23?,24?,25?,26+,28-,29+,30?,31?/m1/s1. The molecular weight excluding hydrogens is 388 g/mol. The van der Waals surface area contributed by atoms with Crippen LogP contribution in [0.3, 0.4) is 0 Å². The summed E-state index contributed by atoms with van der Waals surface area (Å²) in [4.78, 5) is 0. The zero-order valence-electron chi connectivity index (χ0n) is 22.0. The molecule has 2 spiro atoms. The molecule has 5 saturated carbocycles. The Morgan fingerprint density at radius 3 is 2.34 bits per heavy atom. The van der Waals surface area contributed by atoms with Crippen LogP contribution in [0.4, 0.5) is 0 Å². The number of hydrogen-bond acceptors (Lipinski definition) is 1. The molecule has 0 aromatic rings. The van der Waals surface area contributed by atoms with Gasteiger partial charge in [-0.15, -0.1) is 0 Å². The van der Waals surface area contributed by atoms with Gasteiger partial charge in [0.2, 0.25) is 0 Å². The van der Waals surface area contributed by atoms with Crippen molar-refractivity contribution in [1.29, 1.82) is 0 Å². The second-order valence-corrected chi connectivity index (χ2v) is 14.2. The summed E-state index contributed by atoms with van der Waals surface area (Å²) in [5, 5.41) is 10.9. The first-order chi connectivity index (χ1) is 15.0. The van der Waals surface area contributed by atoms with E-state index in [1.807, 2.05) is 6.08 Å². The predicted octanol–water partition coefficient (Wildman–Crippen LogP) is 8.34. The smallest absolute Gasteiger partial charge is 0.0594 e. The van der Waals surface area contributed by atoms with Crippen molar-refractivity contribution >= 4 is 0 Å². The van der Waals surface area contributed by atoms with Crippen molar-refractivity contribution in [3.63, 3.8) is 0 Å². The van der Waals surface area contributed by atoms with Crippen LogP contribution in [0.25, 0.3) is 0 Å². The van der Waals surface area contributed by atoms with Crippen molar-refractivity contribution < 1.29 is 5.11 Å². The maximum atomic E-state index is 10.9. The lowest BCUT2D eigenvalue weighted by molar-refractivity contribution is -0.161. The lowest BCUT2D eigenvalue weighted by Crippen LogP contribution is -2.57. The van der Waals surface area contributed by atoms with Gasteiger partial charge in [-0.3, -0.25) is 0 Å². The van der Waals surface area contributed by atoms with Gasteiger partial charge in [-0.2, -0.15) is 0 Å². The third kappa shape index (κ3) is 2.73. The summed E-state index contributed by atoms with van der Waals surface area (Å²) >= 11 is 0. The second-order valence-electron chi connectivity index (χ2n) is 14.2. The number of aliphatic hydroxyl groups excluding tert-OH is 1. The second kappa shape index (κ2) is 7.22. The maximum absolute atomic E-state index is 10.9. The number of allylic oxidation sites excluding steroid dienone is 3. The highest BCUT2D eigenvalue weighted by molar-refractivity contribution is 5.30. The highest BCUT2D eigenvalue weighted by Gasteiger charge is 2.82. The van der Waals surface area contributed by atoms with Crippen LogP contribution in [0, 0.1) is 50.7 Å². The highest BCUT2D eigenvalue weighted by Crippen LogP contribution is 2.89. The van der Waals surface area contributed by atoms with E-state index >= 15 is 0 Å². The Bertz CT molecular complexity index is 807. The molecule has 9 atom stereocenters. The molecule has 0 aliphatic heterocycles. The van der Waals surface area contributed by atoms with Gasteiger partial charge in [0.05, 0.1) is 6.10 Å². The molecule has 5 aliphatic carbocycles. The van der Waals surface area contributed by atoms with Gasteiger partial charge in [0.1, 0.15) is 0 Å². The molecule has 5 fully saturated rings. The molecule has 180 valence electrons. The topological polar surface area (TPSA) is 20.2 Å². The van der Waals surface area contributed by atoms with Crippen molar-refractivity contribution in [1.82, 2.24) is 0 Å². The third-order valence-corrected chi connectivity index (χ3v) is 13.3. The van der Waals surface area contributed by atoms with Crippen LogP contribution < -0.4 is 0 Å². The molecule has 0 radical (unpaired) electrons. The first-order valence-corrected chi connectivity index (χ1v) is 14.0. The summed E-state index contributed by atoms with van der Waals surface area (Å²) in [6.07, 6.45) is 19.3. The molecule has 1 nitrogen and oxygen atoms in total. The van der Waals surface area contributed by atoms with Gasteiger partial charge in [-0.05, 0) is 128 Å². The fourth-order valence-electron chi connectivity index (χ4n) is 11.2. The van der Waals surface area contributed by atoms with E-state index in [2.05, 4.69) is 54.2 Å². The molecule has 5 rings (SSSR count). The van der Waals surface area contributed by atoms with Gasteiger partial charge >= 0.3 is 0 Å². The van der Waals surface area contributed by atoms with Crippen LogP contribution in [0.15, 0.2) is 24.3 Å². The molecule has 32 heavy (non-hydrogen) atoms. The largest absolute Gasteiger partial charge is 0.393 e. The lowest BCUT2D eigenvalue weighted by atomic mass is 9.41. The Labute approximate surface area is 198 Å². The van der Waals surface area contributed by atoms with Crippen LogP contribution in [-0.4, -0.2) is 11.2 Å². The quantitative estimate of drug-likeness (QED) is 0.428. The van der Waals surface area contributed by atoms with Gasteiger partial charge in [-0.25, -0.2) is 0 Å². The molecule has 0 aromatic heterocycles. The van der Waals surface area contributed by atoms with Crippen LogP contribution in [-0.2, 0) is 0 Å². The summed E-state index contributed by atoms with van der Waals surface area (Å²) in [6.45, 7) is 18.9. The maximum Gasteiger partial charge on any atom is 0.0594 e. The minimum atomic E-state index is -0.0905. The summed E-state index contributed by atoms with van der Waals surface area (Å²) in [6, 6.07) is 0. The van der Waals surface area contributed by atoms with E-state index < -0.39 is 0 Å². The molecule has 1 N–H and O–H groups in total. The summed E-state index contributed by atoms with van der Waals surface area (Å²) in [5.41, 5.74) is 3.66. The highest BCUT2D eigenvalue weighted by atomic mass is 16.3. The van der Waals surface area contributed by atoms with Crippen molar-refractivity contribution in [2.24, 2.45) is 50.7 Å². The molecule has 0 aromatic carbocycles. The monoisotopic (exact) mass is 438 g/mol. The summed E-state index contributed by atoms with van der Waals surface area (Å²) < 4.78 is 0. The zero-order chi connectivity index (χ0) is 23.2. The lowest BCUT2D eigenvalue weighted by Gasteiger charge is -2.63. The van der Waals surface area contributed by atoms with Crippen LogP contribution >= 0.6 is 0 Å². The Morgan fingerprint density at radius 1 is 0.938 bits per heavy atom.